The standard InChI is InChI=1S/C15H20N4O/c1-2-7-17-15(20)19-9-6-12-10-18(11-13(12)19)14-5-3-4-8-16-14/h2-5,8,12-13H,1,6-7,9-11H2,(H,17,20). The molecule has 0 radical (unpaired) electrons. The van der Waals surface area contributed by atoms with E-state index in [4.69, 9.17) is 0 Å². The van der Waals surface area contributed by atoms with E-state index in [9.17, 15) is 4.79 Å². The van der Waals surface area contributed by atoms with E-state index in [-0.39, 0.29) is 6.03 Å². The van der Waals surface area contributed by atoms with Crippen LogP contribution in [0.2, 0.25) is 0 Å². The highest BCUT2D eigenvalue weighted by atomic mass is 16.2. The van der Waals surface area contributed by atoms with Crippen LogP contribution in [0.1, 0.15) is 6.42 Å². The van der Waals surface area contributed by atoms with Gasteiger partial charge in [-0.1, -0.05) is 12.1 Å². The molecule has 5 heteroatoms. The highest BCUT2D eigenvalue weighted by Gasteiger charge is 2.43. The van der Waals surface area contributed by atoms with Gasteiger partial charge in [0.25, 0.3) is 0 Å². The van der Waals surface area contributed by atoms with Gasteiger partial charge in [0.05, 0.1) is 6.04 Å². The van der Waals surface area contributed by atoms with Gasteiger partial charge in [0, 0.05) is 38.3 Å². The molecule has 0 saturated carbocycles. The number of amides is 2. The minimum atomic E-state index is 0.0280. The van der Waals surface area contributed by atoms with Gasteiger partial charge in [0.15, 0.2) is 0 Å². The zero-order valence-corrected chi connectivity index (χ0v) is 11.5. The van der Waals surface area contributed by atoms with Gasteiger partial charge < -0.3 is 15.1 Å². The second kappa shape index (κ2) is 5.53. The number of hydrogen-bond donors (Lipinski definition) is 1. The van der Waals surface area contributed by atoms with E-state index >= 15 is 0 Å². The number of pyridine rings is 1. The van der Waals surface area contributed by atoms with Gasteiger partial charge >= 0.3 is 6.03 Å². The fourth-order valence-corrected chi connectivity index (χ4v) is 3.20. The Morgan fingerprint density at radius 1 is 1.50 bits per heavy atom. The van der Waals surface area contributed by atoms with Crippen LogP contribution in [0.15, 0.2) is 37.1 Å². The molecule has 2 atom stereocenters. The summed E-state index contributed by atoms with van der Waals surface area (Å²) < 4.78 is 0. The van der Waals surface area contributed by atoms with Gasteiger partial charge in [0.2, 0.25) is 0 Å². The lowest BCUT2D eigenvalue weighted by Gasteiger charge is -2.25. The Hall–Kier alpha value is -2.04. The minimum Gasteiger partial charge on any atom is -0.354 e. The second-order valence-electron chi connectivity index (χ2n) is 5.38. The topological polar surface area (TPSA) is 48.5 Å². The summed E-state index contributed by atoms with van der Waals surface area (Å²) in [4.78, 5) is 20.8. The average Bonchev–Trinajstić information content (AvgIpc) is 3.05. The van der Waals surface area contributed by atoms with E-state index < -0.39 is 0 Å². The number of nitrogens with zero attached hydrogens (tertiary/aromatic N) is 3. The summed E-state index contributed by atoms with van der Waals surface area (Å²) in [6.45, 7) is 6.88. The number of fused-ring (bicyclic) bond motifs is 1. The molecule has 0 spiro atoms. The maximum Gasteiger partial charge on any atom is 0.317 e. The lowest BCUT2D eigenvalue weighted by Crippen LogP contribution is -2.45. The summed E-state index contributed by atoms with van der Waals surface area (Å²) in [6.07, 6.45) is 4.60. The lowest BCUT2D eigenvalue weighted by molar-refractivity contribution is 0.194. The van der Waals surface area contributed by atoms with Gasteiger partial charge in [-0.3, -0.25) is 0 Å². The monoisotopic (exact) mass is 272 g/mol. The van der Waals surface area contributed by atoms with Gasteiger partial charge in [0.1, 0.15) is 5.82 Å². The number of aromatic nitrogens is 1. The van der Waals surface area contributed by atoms with Crippen LogP contribution in [0, 0.1) is 5.92 Å². The van der Waals surface area contributed by atoms with Crippen molar-refractivity contribution in [3.05, 3.63) is 37.1 Å². The van der Waals surface area contributed by atoms with Crippen molar-refractivity contribution in [1.29, 1.82) is 0 Å². The van der Waals surface area contributed by atoms with Crippen molar-refractivity contribution in [2.45, 2.75) is 12.5 Å². The molecule has 20 heavy (non-hydrogen) atoms. The summed E-state index contributed by atoms with van der Waals surface area (Å²) in [6, 6.07) is 6.30. The highest BCUT2D eigenvalue weighted by molar-refractivity contribution is 5.75. The van der Waals surface area contributed by atoms with Crippen LogP contribution in [-0.4, -0.2) is 48.1 Å². The van der Waals surface area contributed by atoms with Crippen LogP contribution in [0.25, 0.3) is 0 Å². The van der Waals surface area contributed by atoms with Crippen LogP contribution in [0.4, 0.5) is 10.6 Å². The highest BCUT2D eigenvalue weighted by Crippen LogP contribution is 2.33. The molecule has 1 aromatic rings. The maximum atomic E-state index is 12.1. The van der Waals surface area contributed by atoms with Crippen LogP contribution in [0.3, 0.4) is 0 Å². The lowest BCUT2D eigenvalue weighted by atomic mass is 10.1. The Morgan fingerprint density at radius 2 is 2.40 bits per heavy atom. The number of carbonyl (C=O) groups is 1. The average molecular weight is 272 g/mol. The first kappa shape index (κ1) is 13.0. The quantitative estimate of drug-likeness (QED) is 0.848. The van der Waals surface area contributed by atoms with Gasteiger partial charge in [-0.05, 0) is 18.6 Å². The summed E-state index contributed by atoms with van der Waals surface area (Å²) in [5.74, 6) is 1.57. The van der Waals surface area contributed by atoms with E-state index in [1.54, 1.807) is 6.08 Å². The van der Waals surface area contributed by atoms with Crippen molar-refractivity contribution in [2.75, 3.05) is 31.1 Å². The number of likely N-dealkylation sites (tertiary alicyclic amines) is 1. The van der Waals surface area contributed by atoms with Crippen molar-refractivity contribution < 1.29 is 4.79 Å². The molecule has 3 rings (SSSR count). The number of hydrogen-bond acceptors (Lipinski definition) is 3. The van der Waals surface area contributed by atoms with Crippen LogP contribution < -0.4 is 10.2 Å². The molecule has 5 nitrogen and oxygen atoms in total. The zero-order chi connectivity index (χ0) is 13.9. The van der Waals surface area contributed by atoms with Crippen LogP contribution in [-0.2, 0) is 0 Å². The predicted octanol–water partition coefficient (Wildman–Crippen LogP) is 1.49. The number of nitrogens with one attached hydrogen (secondary N) is 1. The fraction of sp³-hybridized carbons (Fsp3) is 0.467. The Morgan fingerprint density at radius 3 is 3.15 bits per heavy atom. The Labute approximate surface area is 119 Å². The zero-order valence-electron chi connectivity index (χ0n) is 11.5. The summed E-state index contributed by atoms with van der Waals surface area (Å²) >= 11 is 0. The Balaban J connectivity index is 1.66. The van der Waals surface area contributed by atoms with Crippen LogP contribution in [0.5, 0.6) is 0 Å². The molecule has 2 amide bonds. The van der Waals surface area contributed by atoms with Crippen LogP contribution >= 0.6 is 0 Å². The maximum absolute atomic E-state index is 12.1. The van der Waals surface area contributed by atoms with Crippen molar-refractivity contribution in [1.82, 2.24) is 15.2 Å². The molecule has 2 saturated heterocycles. The Bertz CT molecular complexity index is 490. The molecule has 2 aliphatic heterocycles. The van der Waals surface area contributed by atoms with E-state index in [0.717, 1.165) is 31.9 Å². The fourth-order valence-electron chi connectivity index (χ4n) is 3.20. The first-order valence-corrected chi connectivity index (χ1v) is 7.11. The molecule has 2 fully saturated rings. The van der Waals surface area contributed by atoms with Gasteiger partial charge in [-0.2, -0.15) is 0 Å². The summed E-state index contributed by atoms with van der Waals surface area (Å²) in [5, 5.41) is 2.88. The molecule has 0 aromatic carbocycles. The molecule has 0 aliphatic carbocycles. The second-order valence-corrected chi connectivity index (χ2v) is 5.38. The third-order valence-electron chi connectivity index (χ3n) is 4.18. The van der Waals surface area contributed by atoms with Crippen molar-refractivity contribution in [3.8, 4) is 0 Å². The molecule has 2 unspecified atom stereocenters. The largest absolute Gasteiger partial charge is 0.354 e. The number of rotatable bonds is 3. The van der Waals surface area contributed by atoms with E-state index in [0.29, 0.717) is 18.5 Å². The molecule has 106 valence electrons. The van der Waals surface area contributed by atoms with Gasteiger partial charge in [-0.25, -0.2) is 9.78 Å². The Kier molecular flexibility index (Phi) is 3.58. The molecule has 0 bridgehead atoms. The van der Waals surface area contributed by atoms with E-state index in [1.807, 2.05) is 29.3 Å². The first-order chi connectivity index (χ1) is 9.79. The third kappa shape index (κ3) is 2.35. The molecular weight excluding hydrogens is 252 g/mol. The van der Waals surface area contributed by atoms with Crippen molar-refractivity contribution in [3.63, 3.8) is 0 Å². The van der Waals surface area contributed by atoms with E-state index in [1.165, 1.54) is 0 Å². The number of urea groups is 1. The van der Waals surface area contributed by atoms with E-state index in [2.05, 4.69) is 21.8 Å². The molecule has 1 N–H and O–H groups in total. The molecular formula is C15H20N4O. The SMILES string of the molecule is C=CCNC(=O)N1CCC2CN(c3ccccn3)CC21. The summed E-state index contributed by atoms with van der Waals surface area (Å²) in [5.41, 5.74) is 0. The van der Waals surface area contributed by atoms with Crippen molar-refractivity contribution >= 4 is 11.8 Å². The summed E-state index contributed by atoms with van der Waals surface area (Å²) in [7, 11) is 0. The molecule has 2 aliphatic rings. The third-order valence-corrected chi connectivity index (χ3v) is 4.18. The minimum absolute atomic E-state index is 0.0280. The molecule has 1 aromatic heterocycles. The first-order valence-electron chi connectivity index (χ1n) is 7.11. The van der Waals surface area contributed by atoms with Gasteiger partial charge in [-0.15, -0.1) is 6.58 Å². The number of carbonyl (C=O) groups excluding carboxylic acids is 1. The normalized spacial score (nSPS) is 24.6. The molecule has 3 heterocycles. The number of anilines is 1. The predicted molar refractivity (Wildman–Crippen MR) is 78.6 cm³/mol. The van der Waals surface area contributed by atoms with Crippen molar-refractivity contribution in [2.24, 2.45) is 5.92 Å². The smallest absolute Gasteiger partial charge is 0.317 e.